The molecule has 0 aliphatic carbocycles. The van der Waals surface area contributed by atoms with E-state index in [0.29, 0.717) is 11.5 Å². The number of hydrogen-bond donors (Lipinski definition) is 2. The first kappa shape index (κ1) is 13.5. The highest BCUT2D eigenvalue weighted by Gasteiger charge is 2.02. The smallest absolute Gasteiger partial charge is 0.348 e. The van der Waals surface area contributed by atoms with Gasteiger partial charge in [0.2, 0.25) is 0 Å². The molecule has 0 bridgehead atoms. The van der Waals surface area contributed by atoms with Gasteiger partial charge in [0.15, 0.2) is 5.65 Å². The van der Waals surface area contributed by atoms with Crippen molar-refractivity contribution in [2.24, 2.45) is 0 Å². The Labute approximate surface area is 110 Å². The monoisotopic (exact) mass is 266 g/mol. The molecule has 0 radical (unpaired) electrons. The van der Waals surface area contributed by atoms with E-state index >= 15 is 0 Å². The van der Waals surface area contributed by atoms with Gasteiger partial charge in [-0.05, 0) is 7.05 Å². The van der Waals surface area contributed by atoms with Gasteiger partial charge in [0.1, 0.15) is 12.1 Å². The van der Waals surface area contributed by atoms with Gasteiger partial charge in [0.25, 0.3) is 0 Å². The normalized spacial score (nSPS) is 11.3. The van der Waals surface area contributed by atoms with Crippen LogP contribution in [-0.2, 0) is 4.74 Å². The molecular weight excluding hydrogens is 248 g/mol. The van der Waals surface area contributed by atoms with Crippen LogP contribution in [0.1, 0.15) is 0 Å². The van der Waals surface area contributed by atoms with Crippen molar-refractivity contribution < 1.29 is 4.74 Å². The SMILES string of the molecule is COCCN(C)CCNc1cc2n[nH]c(=O)n2cn1. The third-order valence-corrected chi connectivity index (χ3v) is 2.79. The van der Waals surface area contributed by atoms with Gasteiger partial charge >= 0.3 is 5.69 Å². The highest BCUT2D eigenvalue weighted by atomic mass is 16.5. The average Bonchev–Trinajstić information content (AvgIpc) is 2.78. The molecule has 2 aromatic heterocycles. The van der Waals surface area contributed by atoms with Crippen molar-refractivity contribution in [3.8, 4) is 0 Å². The second-order valence-corrected chi connectivity index (χ2v) is 4.25. The van der Waals surface area contributed by atoms with Crippen molar-refractivity contribution in [3.63, 3.8) is 0 Å². The Morgan fingerprint density at radius 2 is 2.37 bits per heavy atom. The number of nitrogens with zero attached hydrogens (tertiary/aromatic N) is 4. The lowest BCUT2D eigenvalue weighted by Crippen LogP contribution is -2.28. The summed E-state index contributed by atoms with van der Waals surface area (Å²) in [4.78, 5) is 17.6. The fourth-order valence-electron chi connectivity index (χ4n) is 1.64. The maximum Gasteiger partial charge on any atom is 0.348 e. The van der Waals surface area contributed by atoms with Crippen molar-refractivity contribution in [1.82, 2.24) is 24.5 Å². The second-order valence-electron chi connectivity index (χ2n) is 4.25. The van der Waals surface area contributed by atoms with Gasteiger partial charge in [0, 0.05) is 32.8 Å². The van der Waals surface area contributed by atoms with Crippen molar-refractivity contribution in [2.45, 2.75) is 0 Å². The summed E-state index contributed by atoms with van der Waals surface area (Å²) in [5.41, 5.74) is 0.267. The molecule has 0 unspecified atom stereocenters. The molecule has 2 rings (SSSR count). The number of methoxy groups -OCH3 is 1. The maximum absolute atomic E-state index is 11.3. The number of aromatic amines is 1. The molecule has 2 aromatic rings. The van der Waals surface area contributed by atoms with Crippen molar-refractivity contribution in [2.75, 3.05) is 45.7 Å². The number of nitrogens with one attached hydrogen (secondary N) is 2. The van der Waals surface area contributed by atoms with Crippen molar-refractivity contribution >= 4 is 11.5 Å². The lowest BCUT2D eigenvalue weighted by atomic mass is 10.5. The predicted molar refractivity (Wildman–Crippen MR) is 71.5 cm³/mol. The van der Waals surface area contributed by atoms with Gasteiger partial charge in [0.05, 0.1) is 6.61 Å². The highest BCUT2D eigenvalue weighted by Crippen LogP contribution is 2.03. The molecule has 0 spiro atoms. The van der Waals surface area contributed by atoms with Crippen LogP contribution in [0.5, 0.6) is 0 Å². The molecular formula is C11H18N6O2. The first-order valence-electron chi connectivity index (χ1n) is 6.05. The van der Waals surface area contributed by atoms with Crippen molar-refractivity contribution in [3.05, 3.63) is 22.9 Å². The Morgan fingerprint density at radius 1 is 1.53 bits per heavy atom. The summed E-state index contributed by atoms with van der Waals surface area (Å²) in [6.07, 6.45) is 1.46. The molecule has 0 fully saturated rings. The number of H-pyrrole nitrogens is 1. The van der Waals surface area contributed by atoms with E-state index < -0.39 is 0 Å². The van der Waals surface area contributed by atoms with Crippen LogP contribution < -0.4 is 11.0 Å². The zero-order chi connectivity index (χ0) is 13.7. The number of likely N-dealkylation sites (N-methyl/N-ethyl adjacent to an activating group) is 1. The molecule has 0 aliphatic heterocycles. The van der Waals surface area contributed by atoms with Gasteiger partial charge in [-0.2, -0.15) is 5.10 Å². The zero-order valence-electron chi connectivity index (χ0n) is 11.1. The number of rotatable bonds is 7. The first-order valence-corrected chi connectivity index (χ1v) is 6.05. The van der Waals surface area contributed by atoms with E-state index in [1.165, 1.54) is 10.7 Å². The minimum Gasteiger partial charge on any atom is -0.383 e. The summed E-state index contributed by atoms with van der Waals surface area (Å²) in [5, 5.41) is 9.44. The van der Waals surface area contributed by atoms with Crippen LogP contribution in [0.15, 0.2) is 17.2 Å². The van der Waals surface area contributed by atoms with Gasteiger partial charge in [-0.15, -0.1) is 0 Å². The summed E-state index contributed by atoms with van der Waals surface area (Å²) in [5.74, 6) is 0.701. The Hall–Kier alpha value is -1.93. The van der Waals surface area contributed by atoms with Gasteiger partial charge in [-0.3, -0.25) is 0 Å². The molecule has 19 heavy (non-hydrogen) atoms. The van der Waals surface area contributed by atoms with Crippen molar-refractivity contribution in [1.29, 1.82) is 0 Å². The first-order chi connectivity index (χ1) is 9.20. The molecule has 0 aliphatic rings. The van der Waals surface area contributed by atoms with Gasteiger partial charge in [-0.25, -0.2) is 19.3 Å². The lowest BCUT2D eigenvalue weighted by Gasteiger charge is -2.16. The van der Waals surface area contributed by atoms with E-state index in [4.69, 9.17) is 4.74 Å². The Balaban J connectivity index is 1.86. The van der Waals surface area contributed by atoms with E-state index in [-0.39, 0.29) is 5.69 Å². The number of hydrogen-bond acceptors (Lipinski definition) is 6. The summed E-state index contributed by atoms with van der Waals surface area (Å²) in [7, 11) is 3.72. The topological polar surface area (TPSA) is 87.5 Å². The van der Waals surface area contributed by atoms with Crippen LogP contribution in [0.2, 0.25) is 0 Å². The summed E-state index contributed by atoms with van der Waals surface area (Å²) in [6, 6.07) is 1.73. The maximum atomic E-state index is 11.3. The number of anilines is 1. The Morgan fingerprint density at radius 3 is 3.16 bits per heavy atom. The van der Waals surface area contributed by atoms with Crippen LogP contribution in [0.3, 0.4) is 0 Å². The Kier molecular flexibility index (Phi) is 4.48. The van der Waals surface area contributed by atoms with Crippen LogP contribution in [0.25, 0.3) is 5.65 Å². The van der Waals surface area contributed by atoms with Crippen LogP contribution >= 0.6 is 0 Å². The summed E-state index contributed by atoms with van der Waals surface area (Å²) >= 11 is 0. The van der Waals surface area contributed by atoms with E-state index in [9.17, 15) is 4.79 Å². The van der Waals surface area contributed by atoms with Gasteiger partial charge < -0.3 is 15.0 Å². The number of ether oxygens (including phenoxy) is 1. The molecule has 0 saturated heterocycles. The minimum absolute atomic E-state index is 0.284. The summed E-state index contributed by atoms with van der Waals surface area (Å²) < 4.78 is 6.37. The quantitative estimate of drug-likeness (QED) is 0.696. The van der Waals surface area contributed by atoms with E-state index in [0.717, 1.165) is 26.2 Å². The minimum atomic E-state index is -0.284. The summed E-state index contributed by atoms with van der Waals surface area (Å²) in [6.45, 7) is 3.25. The zero-order valence-corrected chi connectivity index (χ0v) is 11.1. The van der Waals surface area contributed by atoms with E-state index in [2.05, 4.69) is 25.4 Å². The fourth-order valence-corrected chi connectivity index (χ4v) is 1.64. The van der Waals surface area contributed by atoms with Gasteiger partial charge in [-0.1, -0.05) is 0 Å². The van der Waals surface area contributed by atoms with E-state index in [1.807, 2.05) is 7.05 Å². The predicted octanol–water partition coefficient (Wildman–Crippen LogP) is -0.592. The number of aromatic nitrogens is 4. The molecule has 2 heterocycles. The molecule has 0 amide bonds. The third kappa shape index (κ3) is 3.52. The lowest BCUT2D eigenvalue weighted by molar-refractivity contribution is 0.163. The molecule has 8 nitrogen and oxygen atoms in total. The molecule has 2 N–H and O–H groups in total. The molecule has 0 aromatic carbocycles. The van der Waals surface area contributed by atoms with E-state index in [1.54, 1.807) is 13.2 Å². The van der Waals surface area contributed by atoms with Crippen LogP contribution in [0.4, 0.5) is 5.82 Å². The molecule has 8 heteroatoms. The molecule has 0 saturated carbocycles. The second kappa shape index (κ2) is 6.30. The molecule has 0 atom stereocenters. The number of fused-ring (bicyclic) bond motifs is 1. The highest BCUT2D eigenvalue weighted by molar-refractivity contribution is 5.48. The fraction of sp³-hybridized carbons (Fsp3) is 0.545. The standard InChI is InChI=1S/C11H18N6O2/c1-16(5-6-19-2)4-3-12-9-7-10-14-15-11(18)17(10)8-13-9/h7-8,12H,3-6H2,1-2H3,(H,15,18). The van der Waals surface area contributed by atoms with Crippen LogP contribution in [0, 0.1) is 0 Å². The average molecular weight is 266 g/mol. The third-order valence-electron chi connectivity index (χ3n) is 2.79. The van der Waals surface area contributed by atoms with Crippen LogP contribution in [-0.4, -0.2) is 64.9 Å². The Bertz CT molecular complexity index is 578. The molecule has 104 valence electrons. The largest absolute Gasteiger partial charge is 0.383 e.